The lowest BCUT2D eigenvalue weighted by Gasteiger charge is -2.07. The average Bonchev–Trinajstić information content (AvgIpc) is 3.21. The van der Waals surface area contributed by atoms with Crippen LogP contribution < -0.4 is 10.6 Å². The van der Waals surface area contributed by atoms with Crippen LogP contribution in [0.15, 0.2) is 42.5 Å². The van der Waals surface area contributed by atoms with E-state index >= 15 is 0 Å². The average molecular weight is 420 g/mol. The quantitative estimate of drug-likeness (QED) is 0.509. The van der Waals surface area contributed by atoms with Crippen molar-refractivity contribution in [3.05, 3.63) is 59.4 Å². The van der Waals surface area contributed by atoms with Crippen LogP contribution in [0, 0.1) is 13.8 Å². The highest BCUT2D eigenvalue weighted by Gasteiger charge is 2.17. The van der Waals surface area contributed by atoms with Crippen LogP contribution in [0.25, 0.3) is 20.8 Å². The van der Waals surface area contributed by atoms with Gasteiger partial charge in [0.2, 0.25) is 5.91 Å². The number of aryl methyl sites for hydroxylation is 2. The molecular formula is C22H21N5O2S. The summed E-state index contributed by atoms with van der Waals surface area (Å²) in [5.74, 6) is -0.339. The van der Waals surface area contributed by atoms with Gasteiger partial charge in [0.25, 0.3) is 5.91 Å². The first kappa shape index (κ1) is 19.8. The lowest BCUT2D eigenvalue weighted by molar-refractivity contribution is -0.114. The predicted molar refractivity (Wildman–Crippen MR) is 120 cm³/mol. The number of anilines is 2. The van der Waals surface area contributed by atoms with E-state index in [1.165, 1.54) is 6.92 Å². The van der Waals surface area contributed by atoms with Crippen molar-refractivity contribution in [1.82, 2.24) is 14.8 Å². The summed E-state index contributed by atoms with van der Waals surface area (Å²) in [5, 5.41) is 11.0. The summed E-state index contributed by atoms with van der Waals surface area (Å²) in [5.41, 5.74) is 5.80. The minimum Gasteiger partial charge on any atom is -0.326 e. The maximum absolute atomic E-state index is 12.7. The minimum atomic E-state index is -0.201. The number of benzene rings is 2. The second-order valence-corrected chi connectivity index (χ2v) is 8.11. The number of carbonyl (C=O) groups excluding carboxylic acids is 2. The van der Waals surface area contributed by atoms with E-state index in [9.17, 15) is 9.59 Å². The number of nitrogens with one attached hydrogen (secondary N) is 2. The van der Waals surface area contributed by atoms with Gasteiger partial charge in [-0.05, 0) is 56.3 Å². The summed E-state index contributed by atoms with van der Waals surface area (Å²) in [4.78, 5) is 28.5. The molecule has 0 unspecified atom stereocenters. The van der Waals surface area contributed by atoms with Gasteiger partial charge in [0.1, 0.15) is 5.01 Å². The van der Waals surface area contributed by atoms with Gasteiger partial charge in [-0.3, -0.25) is 14.3 Å². The summed E-state index contributed by atoms with van der Waals surface area (Å²) >= 11 is 1.55. The summed E-state index contributed by atoms with van der Waals surface area (Å²) in [6.07, 6.45) is 0. The van der Waals surface area contributed by atoms with Crippen LogP contribution >= 0.6 is 11.3 Å². The van der Waals surface area contributed by atoms with Gasteiger partial charge in [0.15, 0.2) is 0 Å². The standard InChI is InChI=1S/C22H21N5O2S/c1-12-20(13(2)27(4)26-12)22-25-18-10-5-15(11-19(18)30-22)21(29)24-17-8-6-16(7-9-17)23-14(3)28/h5-11H,1-4H3,(H,23,28)(H,24,29). The van der Waals surface area contributed by atoms with Gasteiger partial charge in [-0.2, -0.15) is 5.10 Å². The Morgan fingerprint density at radius 3 is 2.27 bits per heavy atom. The predicted octanol–water partition coefficient (Wildman–Crippen LogP) is 4.52. The molecule has 152 valence electrons. The molecule has 8 heteroatoms. The van der Waals surface area contributed by atoms with Crippen LogP contribution in [-0.2, 0) is 11.8 Å². The molecule has 4 rings (SSSR count). The van der Waals surface area contributed by atoms with E-state index in [-0.39, 0.29) is 11.8 Å². The molecule has 0 fully saturated rings. The maximum Gasteiger partial charge on any atom is 0.255 e. The third-order valence-corrected chi connectivity index (χ3v) is 5.87. The highest BCUT2D eigenvalue weighted by Crippen LogP contribution is 2.34. The molecule has 0 saturated carbocycles. The lowest BCUT2D eigenvalue weighted by Crippen LogP contribution is -2.12. The molecule has 30 heavy (non-hydrogen) atoms. The Balaban J connectivity index is 1.57. The molecule has 0 bridgehead atoms. The Bertz CT molecular complexity index is 1270. The third-order valence-electron chi connectivity index (χ3n) is 4.84. The molecule has 0 saturated heterocycles. The fourth-order valence-electron chi connectivity index (χ4n) is 3.30. The van der Waals surface area contributed by atoms with Gasteiger partial charge in [-0.25, -0.2) is 4.98 Å². The number of aromatic nitrogens is 3. The Morgan fingerprint density at radius 2 is 1.67 bits per heavy atom. The third kappa shape index (κ3) is 3.81. The molecule has 0 aliphatic heterocycles. The molecule has 0 aliphatic rings. The largest absolute Gasteiger partial charge is 0.326 e. The van der Waals surface area contributed by atoms with Crippen LogP contribution in [-0.4, -0.2) is 26.6 Å². The molecule has 2 N–H and O–H groups in total. The van der Waals surface area contributed by atoms with Gasteiger partial charge in [0.05, 0.1) is 21.5 Å². The molecule has 2 aromatic carbocycles. The van der Waals surface area contributed by atoms with Crippen LogP contribution in [0.5, 0.6) is 0 Å². The lowest BCUT2D eigenvalue weighted by atomic mass is 10.2. The van der Waals surface area contributed by atoms with Crippen molar-refractivity contribution in [3.8, 4) is 10.6 Å². The fraction of sp³-hybridized carbons (Fsp3) is 0.182. The number of hydrogen-bond donors (Lipinski definition) is 2. The number of fused-ring (bicyclic) bond motifs is 1. The van der Waals surface area contributed by atoms with Crippen LogP contribution in [0.3, 0.4) is 0 Å². The number of thiazole rings is 1. The Morgan fingerprint density at radius 1 is 1.00 bits per heavy atom. The summed E-state index contributed by atoms with van der Waals surface area (Å²) < 4.78 is 2.80. The maximum atomic E-state index is 12.7. The van der Waals surface area contributed by atoms with Gasteiger partial charge in [-0.15, -0.1) is 11.3 Å². The molecule has 2 heterocycles. The monoisotopic (exact) mass is 419 g/mol. The molecule has 4 aromatic rings. The van der Waals surface area contributed by atoms with Crippen molar-refractivity contribution >= 4 is 44.7 Å². The van der Waals surface area contributed by atoms with E-state index < -0.39 is 0 Å². The molecule has 0 atom stereocenters. The van der Waals surface area contributed by atoms with E-state index in [0.29, 0.717) is 16.9 Å². The van der Waals surface area contributed by atoms with Crippen molar-refractivity contribution in [3.63, 3.8) is 0 Å². The zero-order valence-electron chi connectivity index (χ0n) is 17.1. The number of nitrogens with zero attached hydrogens (tertiary/aromatic N) is 3. The Labute approximate surface area is 177 Å². The number of carbonyl (C=O) groups is 2. The Kier molecular flexibility index (Phi) is 5.09. The molecule has 7 nitrogen and oxygen atoms in total. The molecular weight excluding hydrogens is 398 g/mol. The smallest absolute Gasteiger partial charge is 0.255 e. The van der Waals surface area contributed by atoms with Crippen LogP contribution in [0.2, 0.25) is 0 Å². The summed E-state index contributed by atoms with van der Waals surface area (Å²) in [6, 6.07) is 12.5. The van der Waals surface area contributed by atoms with E-state index in [4.69, 9.17) is 4.98 Å². The van der Waals surface area contributed by atoms with E-state index in [1.807, 2.05) is 37.7 Å². The SMILES string of the molecule is CC(=O)Nc1ccc(NC(=O)c2ccc3nc(-c4c(C)nn(C)c4C)sc3c2)cc1. The van der Waals surface area contributed by atoms with E-state index in [0.717, 1.165) is 32.2 Å². The first-order valence-electron chi connectivity index (χ1n) is 9.42. The van der Waals surface area contributed by atoms with E-state index in [1.54, 1.807) is 41.7 Å². The van der Waals surface area contributed by atoms with Crippen molar-refractivity contribution in [2.75, 3.05) is 10.6 Å². The topological polar surface area (TPSA) is 88.9 Å². The second kappa shape index (κ2) is 7.72. The zero-order valence-corrected chi connectivity index (χ0v) is 17.9. The molecule has 0 aliphatic carbocycles. The Hall–Kier alpha value is -3.52. The highest BCUT2D eigenvalue weighted by molar-refractivity contribution is 7.21. The first-order valence-corrected chi connectivity index (χ1v) is 10.2. The number of hydrogen-bond acceptors (Lipinski definition) is 5. The molecule has 2 amide bonds. The summed E-state index contributed by atoms with van der Waals surface area (Å²) in [6.45, 7) is 5.45. The van der Waals surface area contributed by atoms with E-state index in [2.05, 4.69) is 15.7 Å². The molecule has 2 aromatic heterocycles. The van der Waals surface area contributed by atoms with Crippen molar-refractivity contribution in [2.24, 2.45) is 7.05 Å². The van der Waals surface area contributed by atoms with Crippen LogP contribution in [0.1, 0.15) is 28.7 Å². The van der Waals surface area contributed by atoms with Crippen LogP contribution in [0.4, 0.5) is 11.4 Å². The van der Waals surface area contributed by atoms with Gasteiger partial charge < -0.3 is 10.6 Å². The normalized spacial score (nSPS) is 10.9. The van der Waals surface area contributed by atoms with Gasteiger partial charge >= 0.3 is 0 Å². The van der Waals surface area contributed by atoms with Crippen molar-refractivity contribution in [2.45, 2.75) is 20.8 Å². The fourth-order valence-corrected chi connectivity index (χ4v) is 4.45. The highest BCUT2D eigenvalue weighted by atomic mass is 32.1. The van der Waals surface area contributed by atoms with Crippen molar-refractivity contribution in [1.29, 1.82) is 0 Å². The molecule has 0 spiro atoms. The second-order valence-electron chi connectivity index (χ2n) is 7.08. The summed E-state index contributed by atoms with van der Waals surface area (Å²) in [7, 11) is 1.92. The number of rotatable bonds is 4. The first-order chi connectivity index (χ1) is 14.3. The minimum absolute atomic E-state index is 0.138. The van der Waals surface area contributed by atoms with Gasteiger partial charge in [0, 0.05) is 36.6 Å². The van der Waals surface area contributed by atoms with Gasteiger partial charge in [-0.1, -0.05) is 0 Å². The molecule has 0 radical (unpaired) electrons. The number of amides is 2. The van der Waals surface area contributed by atoms with Crippen molar-refractivity contribution < 1.29 is 9.59 Å². The zero-order chi connectivity index (χ0) is 21.4.